The van der Waals surface area contributed by atoms with Crippen LogP contribution in [0.15, 0.2) is 12.2 Å². The molecule has 5 nitrogen and oxygen atoms in total. The van der Waals surface area contributed by atoms with Crippen LogP contribution in [0.4, 0.5) is 0 Å². The molecule has 0 aromatic heterocycles. The molecule has 0 saturated carbocycles. The Morgan fingerprint density at radius 3 is 2.36 bits per heavy atom. The van der Waals surface area contributed by atoms with Crippen molar-refractivity contribution < 1.29 is 19.8 Å². The van der Waals surface area contributed by atoms with Crippen molar-refractivity contribution in [3.05, 3.63) is 17.4 Å². The Labute approximate surface area is 63.5 Å². The lowest BCUT2D eigenvalue weighted by Gasteiger charge is -2.16. The van der Waals surface area contributed by atoms with Gasteiger partial charge in [0.05, 0.1) is 6.54 Å². The molecule has 11 heavy (non-hydrogen) atoms. The number of hydrogen-bond donors (Lipinski definition) is 2. The Bertz CT molecular complexity index is 199. The number of quaternary nitrogens is 1. The van der Waals surface area contributed by atoms with Crippen LogP contribution < -0.4 is 5.06 Å². The Morgan fingerprint density at radius 2 is 2.09 bits per heavy atom. The molecule has 0 aliphatic carbocycles. The summed E-state index contributed by atoms with van der Waals surface area (Å²) in [5.74, 6) is -2.46. The van der Waals surface area contributed by atoms with Crippen LogP contribution in [0.2, 0.25) is 0 Å². The summed E-state index contributed by atoms with van der Waals surface area (Å²) in [6.45, 7) is 4.44. The van der Waals surface area contributed by atoms with Crippen LogP contribution in [0.25, 0.3) is 0 Å². The van der Waals surface area contributed by atoms with Gasteiger partial charge in [0.2, 0.25) is 0 Å². The lowest BCUT2D eigenvalue weighted by atomic mass is 10.3. The maximum Gasteiger partial charge on any atom is 0.351 e. The molecule has 0 bridgehead atoms. The Kier molecular flexibility index (Phi) is 3.43. The van der Waals surface area contributed by atoms with Crippen LogP contribution in [0, 0.1) is 5.21 Å². The van der Waals surface area contributed by atoms with Crippen molar-refractivity contribution in [3.63, 3.8) is 0 Å². The number of likely N-dealkylation sites (N-methyl/N-ethyl adjacent to an activating group) is 1. The molecular formula is C6H9NO4. The van der Waals surface area contributed by atoms with Gasteiger partial charge in [-0.25, -0.2) is 9.59 Å². The van der Waals surface area contributed by atoms with Gasteiger partial charge in [-0.1, -0.05) is 6.58 Å². The van der Waals surface area contributed by atoms with Gasteiger partial charge in [0.1, 0.15) is 0 Å². The van der Waals surface area contributed by atoms with Gasteiger partial charge < -0.3 is 15.4 Å². The van der Waals surface area contributed by atoms with Crippen LogP contribution in [0.5, 0.6) is 0 Å². The number of hydrogen-bond acceptors (Lipinski definition) is 3. The van der Waals surface area contributed by atoms with E-state index in [2.05, 4.69) is 6.58 Å². The standard InChI is InChI=1S/C6H9NO4/c1-3-7(11)5(8)4(2)6(9)10/h7H,2-3H2,1H3,(H,9,10). The summed E-state index contributed by atoms with van der Waals surface area (Å²) in [6, 6.07) is 0. The molecular weight excluding hydrogens is 150 g/mol. The van der Waals surface area contributed by atoms with E-state index >= 15 is 0 Å². The highest BCUT2D eigenvalue weighted by Crippen LogP contribution is 1.85. The number of aliphatic carboxylic acids is 1. The van der Waals surface area contributed by atoms with E-state index in [1.807, 2.05) is 0 Å². The van der Waals surface area contributed by atoms with E-state index in [9.17, 15) is 14.8 Å². The predicted octanol–water partition coefficient (Wildman–Crippen LogP) is -1.44. The van der Waals surface area contributed by atoms with Gasteiger partial charge in [0.15, 0.2) is 5.57 Å². The molecule has 0 aliphatic rings. The predicted molar refractivity (Wildman–Crippen MR) is 36.7 cm³/mol. The van der Waals surface area contributed by atoms with E-state index < -0.39 is 22.5 Å². The minimum absolute atomic E-state index is 0.00509. The van der Waals surface area contributed by atoms with Gasteiger partial charge in [-0.15, -0.1) is 0 Å². The fraction of sp³-hybridized carbons (Fsp3) is 0.333. The number of carbonyl (C=O) groups excluding carboxylic acids is 1. The third-order valence-corrected chi connectivity index (χ3v) is 1.11. The van der Waals surface area contributed by atoms with Crippen molar-refractivity contribution in [1.82, 2.24) is 0 Å². The maximum atomic E-state index is 10.7. The van der Waals surface area contributed by atoms with Crippen molar-refractivity contribution in [2.24, 2.45) is 0 Å². The van der Waals surface area contributed by atoms with Crippen molar-refractivity contribution >= 4 is 11.9 Å². The highest BCUT2D eigenvalue weighted by atomic mass is 16.5. The molecule has 0 heterocycles. The number of carboxylic acid groups (broad SMARTS) is 1. The maximum absolute atomic E-state index is 10.7. The van der Waals surface area contributed by atoms with Gasteiger partial charge >= 0.3 is 11.9 Å². The first kappa shape index (κ1) is 9.80. The van der Waals surface area contributed by atoms with Gasteiger partial charge in [0.25, 0.3) is 0 Å². The molecule has 2 N–H and O–H groups in total. The second-order valence-corrected chi connectivity index (χ2v) is 1.89. The summed E-state index contributed by atoms with van der Waals surface area (Å²) in [6.07, 6.45) is 0. The zero-order valence-electron chi connectivity index (χ0n) is 6.09. The minimum Gasteiger partial charge on any atom is -0.626 e. The van der Waals surface area contributed by atoms with Gasteiger partial charge in [-0.3, -0.25) is 0 Å². The van der Waals surface area contributed by atoms with E-state index in [0.29, 0.717) is 0 Å². The Morgan fingerprint density at radius 1 is 1.64 bits per heavy atom. The van der Waals surface area contributed by atoms with Crippen LogP contribution in [-0.2, 0) is 9.59 Å². The lowest BCUT2D eigenvalue weighted by molar-refractivity contribution is -0.760. The third kappa shape index (κ3) is 2.48. The summed E-state index contributed by atoms with van der Waals surface area (Å²) < 4.78 is 0. The summed E-state index contributed by atoms with van der Waals surface area (Å²) in [7, 11) is 0. The van der Waals surface area contributed by atoms with E-state index in [4.69, 9.17) is 5.11 Å². The van der Waals surface area contributed by atoms with Crippen LogP contribution in [0.1, 0.15) is 6.92 Å². The number of carbonyl (C=O) groups is 2. The van der Waals surface area contributed by atoms with E-state index in [0.717, 1.165) is 0 Å². The van der Waals surface area contributed by atoms with Crippen molar-refractivity contribution in [2.75, 3.05) is 6.54 Å². The average Bonchev–Trinajstić information content (AvgIpc) is 2.00. The first-order valence-electron chi connectivity index (χ1n) is 3.00. The van der Waals surface area contributed by atoms with E-state index in [1.165, 1.54) is 6.92 Å². The van der Waals surface area contributed by atoms with Crippen LogP contribution >= 0.6 is 0 Å². The third-order valence-electron chi connectivity index (χ3n) is 1.11. The van der Waals surface area contributed by atoms with Crippen LogP contribution in [0.3, 0.4) is 0 Å². The highest BCUT2D eigenvalue weighted by Gasteiger charge is 2.19. The summed E-state index contributed by atoms with van der Waals surface area (Å²) in [5.41, 5.74) is -0.670. The van der Waals surface area contributed by atoms with Crippen molar-refractivity contribution in [2.45, 2.75) is 6.92 Å². The molecule has 0 spiro atoms. The Balaban J connectivity index is 4.26. The molecule has 1 atom stereocenters. The fourth-order valence-electron chi connectivity index (χ4n) is 0.426. The van der Waals surface area contributed by atoms with Crippen LogP contribution in [-0.4, -0.2) is 23.5 Å². The molecule has 0 aliphatic heterocycles. The second kappa shape index (κ2) is 3.85. The monoisotopic (exact) mass is 159 g/mol. The number of nitrogens with one attached hydrogen (secondary N) is 1. The van der Waals surface area contributed by atoms with Gasteiger partial charge in [-0.2, -0.15) is 0 Å². The van der Waals surface area contributed by atoms with Gasteiger partial charge in [0, 0.05) is 0 Å². The fourth-order valence-corrected chi connectivity index (χ4v) is 0.426. The first-order chi connectivity index (χ1) is 5.00. The number of rotatable bonds is 3. The average molecular weight is 159 g/mol. The summed E-state index contributed by atoms with van der Waals surface area (Å²) >= 11 is 0. The quantitative estimate of drug-likeness (QED) is 0.228. The zero-order chi connectivity index (χ0) is 9.02. The van der Waals surface area contributed by atoms with Crippen molar-refractivity contribution in [3.8, 4) is 0 Å². The molecule has 0 saturated heterocycles. The van der Waals surface area contributed by atoms with E-state index in [1.54, 1.807) is 0 Å². The molecule has 0 fully saturated rings. The SMILES string of the molecule is C=C(C(=O)O)C(=O)[NH+]([O-])CC. The molecule has 1 amide bonds. The molecule has 0 rings (SSSR count). The molecule has 0 radical (unpaired) electrons. The number of hydroxylamine groups is 2. The molecule has 0 aromatic rings. The molecule has 1 unspecified atom stereocenters. The second-order valence-electron chi connectivity index (χ2n) is 1.89. The number of carboxylic acids is 1. The molecule has 0 aromatic carbocycles. The minimum atomic E-state index is -1.45. The highest BCUT2D eigenvalue weighted by molar-refractivity contribution is 6.11. The largest absolute Gasteiger partial charge is 0.626 e. The first-order valence-corrected chi connectivity index (χ1v) is 3.00. The topological polar surface area (TPSA) is 81.9 Å². The zero-order valence-corrected chi connectivity index (χ0v) is 6.09. The smallest absolute Gasteiger partial charge is 0.351 e. The lowest BCUT2D eigenvalue weighted by Crippen LogP contribution is -3.10. The van der Waals surface area contributed by atoms with Gasteiger partial charge in [-0.05, 0) is 6.92 Å². The normalized spacial score (nSPS) is 12.2. The Hall–Kier alpha value is -1.20. The summed E-state index contributed by atoms with van der Waals surface area (Å²) in [4.78, 5) is 20.8. The molecule has 62 valence electrons. The summed E-state index contributed by atoms with van der Waals surface area (Å²) in [5, 5.41) is 18.1. The van der Waals surface area contributed by atoms with Crippen molar-refractivity contribution in [1.29, 1.82) is 0 Å². The molecule has 5 heteroatoms. The number of amides is 1. The van der Waals surface area contributed by atoms with E-state index in [-0.39, 0.29) is 6.54 Å².